The Morgan fingerprint density at radius 2 is 2.11 bits per heavy atom. The van der Waals surface area contributed by atoms with Crippen molar-refractivity contribution in [3.63, 3.8) is 0 Å². The number of benzene rings is 1. The zero-order chi connectivity index (χ0) is 12.5. The lowest BCUT2D eigenvalue weighted by molar-refractivity contribution is -0.126. The van der Waals surface area contributed by atoms with Crippen LogP contribution in [0.25, 0.3) is 0 Å². The van der Waals surface area contributed by atoms with Crippen molar-refractivity contribution < 1.29 is 4.79 Å². The Balaban J connectivity index is 1.69. The fraction of sp³-hybridized carbons (Fsp3) is 0.588. The molecular formula is C17H22O. The second-order valence-corrected chi connectivity index (χ2v) is 6.00. The minimum atomic E-state index is 0.224. The van der Waals surface area contributed by atoms with E-state index in [1.807, 2.05) is 0 Å². The minimum Gasteiger partial charge on any atom is -0.299 e. The van der Waals surface area contributed by atoms with E-state index in [0.717, 1.165) is 25.2 Å². The van der Waals surface area contributed by atoms with Crippen molar-refractivity contribution in [2.24, 2.45) is 11.8 Å². The highest BCUT2D eigenvalue weighted by Crippen LogP contribution is 2.41. The molecular weight excluding hydrogens is 220 g/mol. The van der Waals surface area contributed by atoms with Crippen LogP contribution in [-0.2, 0) is 11.2 Å². The summed E-state index contributed by atoms with van der Waals surface area (Å²) in [5.41, 5.74) is 2.69. The van der Waals surface area contributed by atoms with Crippen LogP contribution in [0.15, 0.2) is 24.3 Å². The van der Waals surface area contributed by atoms with Crippen LogP contribution < -0.4 is 0 Å². The molecule has 3 unspecified atom stereocenters. The Morgan fingerprint density at radius 3 is 2.89 bits per heavy atom. The summed E-state index contributed by atoms with van der Waals surface area (Å²) in [6.45, 7) is 2.26. The summed E-state index contributed by atoms with van der Waals surface area (Å²) in [5.74, 6) is 1.90. The monoisotopic (exact) mass is 242 g/mol. The highest BCUT2D eigenvalue weighted by molar-refractivity contribution is 5.90. The molecule has 18 heavy (non-hydrogen) atoms. The van der Waals surface area contributed by atoms with E-state index >= 15 is 0 Å². The second kappa shape index (κ2) is 4.87. The number of hydrogen-bond acceptors (Lipinski definition) is 1. The number of ketones is 1. The van der Waals surface area contributed by atoms with Gasteiger partial charge in [0, 0.05) is 11.8 Å². The lowest BCUT2D eigenvalue weighted by Gasteiger charge is -2.35. The molecule has 0 saturated heterocycles. The smallest absolute Gasteiger partial charge is 0.143 e. The molecule has 2 aliphatic carbocycles. The molecule has 1 aromatic carbocycles. The Bertz CT molecular complexity index is 449. The number of fused-ring (bicyclic) bond motifs is 1. The SMILES string of the molecule is CCC1CCCC(C(=O)C2Cc3ccccc32)C1. The molecule has 0 heterocycles. The summed E-state index contributed by atoms with van der Waals surface area (Å²) in [4.78, 5) is 12.6. The van der Waals surface area contributed by atoms with Gasteiger partial charge in [-0.25, -0.2) is 0 Å². The van der Waals surface area contributed by atoms with Gasteiger partial charge in [-0.2, -0.15) is 0 Å². The van der Waals surface area contributed by atoms with E-state index in [9.17, 15) is 4.79 Å². The molecule has 1 nitrogen and oxygen atoms in total. The maximum absolute atomic E-state index is 12.6. The average Bonchev–Trinajstić information content (AvgIpc) is 2.40. The third-order valence-corrected chi connectivity index (χ3v) is 4.96. The lowest BCUT2D eigenvalue weighted by atomic mass is 9.68. The van der Waals surface area contributed by atoms with Crippen molar-refractivity contribution in [3.8, 4) is 0 Å². The molecule has 0 aromatic heterocycles. The molecule has 1 fully saturated rings. The molecule has 3 atom stereocenters. The number of rotatable bonds is 3. The second-order valence-electron chi connectivity index (χ2n) is 6.00. The van der Waals surface area contributed by atoms with Gasteiger partial charge in [0.15, 0.2) is 0 Å². The van der Waals surface area contributed by atoms with Crippen LogP contribution in [0.3, 0.4) is 0 Å². The predicted octanol–water partition coefficient (Wildman–Crippen LogP) is 4.11. The van der Waals surface area contributed by atoms with Gasteiger partial charge in [-0.15, -0.1) is 0 Å². The number of Topliss-reactive ketones (excluding diaryl/α,β-unsaturated/α-hetero) is 1. The van der Waals surface area contributed by atoms with Gasteiger partial charge in [-0.3, -0.25) is 4.79 Å². The van der Waals surface area contributed by atoms with E-state index in [1.165, 1.54) is 30.4 Å². The van der Waals surface area contributed by atoms with Gasteiger partial charge in [-0.05, 0) is 36.3 Å². The van der Waals surface area contributed by atoms with Crippen molar-refractivity contribution in [1.29, 1.82) is 0 Å². The maximum Gasteiger partial charge on any atom is 0.143 e. The molecule has 0 aliphatic heterocycles. The zero-order valence-corrected chi connectivity index (χ0v) is 11.2. The molecule has 1 heteroatoms. The molecule has 0 amide bonds. The molecule has 0 bridgehead atoms. The summed E-state index contributed by atoms with van der Waals surface area (Å²) in [6, 6.07) is 8.44. The Hall–Kier alpha value is -1.11. The summed E-state index contributed by atoms with van der Waals surface area (Å²) in [5, 5.41) is 0. The number of hydrogen-bond donors (Lipinski definition) is 0. The zero-order valence-electron chi connectivity index (χ0n) is 11.2. The third-order valence-electron chi connectivity index (χ3n) is 4.96. The van der Waals surface area contributed by atoms with Crippen molar-refractivity contribution in [2.45, 2.75) is 51.4 Å². The molecule has 1 saturated carbocycles. The first-order valence-corrected chi connectivity index (χ1v) is 7.41. The van der Waals surface area contributed by atoms with Crippen molar-refractivity contribution in [2.75, 3.05) is 0 Å². The Kier molecular flexibility index (Phi) is 3.23. The molecule has 0 radical (unpaired) electrons. The first-order chi connectivity index (χ1) is 8.79. The standard InChI is InChI=1S/C17H22O/c1-2-12-6-5-8-14(10-12)17(18)16-11-13-7-3-4-9-15(13)16/h3-4,7,9,12,14,16H,2,5-6,8,10-11H2,1H3. The molecule has 96 valence electrons. The predicted molar refractivity (Wildman–Crippen MR) is 73.6 cm³/mol. The van der Waals surface area contributed by atoms with Crippen LogP contribution in [0.2, 0.25) is 0 Å². The third kappa shape index (κ3) is 2.00. The molecule has 3 rings (SSSR count). The van der Waals surface area contributed by atoms with Crippen LogP contribution >= 0.6 is 0 Å². The van der Waals surface area contributed by atoms with Crippen molar-refractivity contribution in [1.82, 2.24) is 0 Å². The fourth-order valence-corrected chi connectivity index (χ4v) is 3.72. The molecule has 1 aromatic rings. The highest BCUT2D eigenvalue weighted by atomic mass is 16.1. The van der Waals surface area contributed by atoms with Gasteiger partial charge in [0.05, 0.1) is 0 Å². The van der Waals surface area contributed by atoms with Gasteiger partial charge in [0.2, 0.25) is 0 Å². The molecule has 2 aliphatic rings. The first-order valence-electron chi connectivity index (χ1n) is 7.41. The van der Waals surface area contributed by atoms with E-state index in [2.05, 4.69) is 31.2 Å². The largest absolute Gasteiger partial charge is 0.299 e. The van der Waals surface area contributed by atoms with Gasteiger partial charge in [0.1, 0.15) is 5.78 Å². The molecule has 0 N–H and O–H groups in total. The van der Waals surface area contributed by atoms with Crippen LogP contribution in [0.5, 0.6) is 0 Å². The lowest BCUT2D eigenvalue weighted by Crippen LogP contribution is -2.33. The van der Waals surface area contributed by atoms with E-state index in [0.29, 0.717) is 11.7 Å². The summed E-state index contributed by atoms with van der Waals surface area (Å²) in [7, 11) is 0. The topological polar surface area (TPSA) is 17.1 Å². The quantitative estimate of drug-likeness (QED) is 0.779. The van der Waals surface area contributed by atoms with Crippen molar-refractivity contribution >= 4 is 5.78 Å². The van der Waals surface area contributed by atoms with Crippen LogP contribution in [-0.4, -0.2) is 5.78 Å². The van der Waals surface area contributed by atoms with Gasteiger partial charge < -0.3 is 0 Å². The van der Waals surface area contributed by atoms with E-state index in [-0.39, 0.29) is 5.92 Å². The van der Waals surface area contributed by atoms with E-state index in [1.54, 1.807) is 0 Å². The van der Waals surface area contributed by atoms with Crippen molar-refractivity contribution in [3.05, 3.63) is 35.4 Å². The first kappa shape index (κ1) is 12.0. The minimum absolute atomic E-state index is 0.224. The van der Waals surface area contributed by atoms with Crippen LogP contribution in [0, 0.1) is 11.8 Å². The summed E-state index contributed by atoms with van der Waals surface area (Å²) in [6.07, 6.45) is 7.10. The average molecular weight is 242 g/mol. The van der Waals surface area contributed by atoms with E-state index < -0.39 is 0 Å². The Morgan fingerprint density at radius 1 is 1.28 bits per heavy atom. The fourth-order valence-electron chi connectivity index (χ4n) is 3.72. The summed E-state index contributed by atoms with van der Waals surface area (Å²) < 4.78 is 0. The van der Waals surface area contributed by atoms with Gasteiger partial charge >= 0.3 is 0 Å². The van der Waals surface area contributed by atoms with Crippen LogP contribution in [0.1, 0.15) is 56.1 Å². The highest BCUT2D eigenvalue weighted by Gasteiger charge is 2.37. The van der Waals surface area contributed by atoms with E-state index in [4.69, 9.17) is 0 Å². The number of carbonyl (C=O) groups is 1. The van der Waals surface area contributed by atoms with Gasteiger partial charge in [-0.1, -0.05) is 50.5 Å². The normalized spacial score (nSPS) is 30.4. The van der Waals surface area contributed by atoms with Gasteiger partial charge in [0.25, 0.3) is 0 Å². The van der Waals surface area contributed by atoms with Crippen LogP contribution in [0.4, 0.5) is 0 Å². The Labute approximate surface area is 110 Å². The maximum atomic E-state index is 12.6. The summed E-state index contributed by atoms with van der Waals surface area (Å²) >= 11 is 0. The number of carbonyl (C=O) groups excluding carboxylic acids is 1. The molecule has 0 spiro atoms.